The SMILES string of the molecule is CN(C1CCC(C)(C)CC1)C(CN)c1cccs1. The summed E-state index contributed by atoms with van der Waals surface area (Å²) in [5.74, 6) is 0. The van der Waals surface area contributed by atoms with Gasteiger partial charge in [-0.3, -0.25) is 4.90 Å². The highest BCUT2D eigenvalue weighted by Crippen LogP contribution is 2.38. The van der Waals surface area contributed by atoms with Crippen molar-refractivity contribution < 1.29 is 0 Å². The summed E-state index contributed by atoms with van der Waals surface area (Å²) in [5, 5.41) is 2.15. The van der Waals surface area contributed by atoms with Crippen molar-refractivity contribution in [2.75, 3.05) is 13.6 Å². The van der Waals surface area contributed by atoms with Crippen molar-refractivity contribution in [2.24, 2.45) is 11.1 Å². The van der Waals surface area contributed by atoms with E-state index in [0.717, 1.165) is 6.54 Å². The normalized spacial score (nSPS) is 22.3. The molecule has 1 aliphatic carbocycles. The Balaban J connectivity index is 2.00. The van der Waals surface area contributed by atoms with Crippen LogP contribution in [0.4, 0.5) is 0 Å². The van der Waals surface area contributed by atoms with Crippen LogP contribution in [0.15, 0.2) is 17.5 Å². The van der Waals surface area contributed by atoms with Crippen LogP contribution in [0, 0.1) is 5.41 Å². The Hall–Kier alpha value is -0.380. The van der Waals surface area contributed by atoms with E-state index in [4.69, 9.17) is 5.73 Å². The summed E-state index contributed by atoms with van der Waals surface area (Å²) in [6.07, 6.45) is 5.30. The topological polar surface area (TPSA) is 29.3 Å². The van der Waals surface area contributed by atoms with E-state index < -0.39 is 0 Å². The Labute approximate surface area is 115 Å². The molecule has 18 heavy (non-hydrogen) atoms. The molecule has 0 bridgehead atoms. The van der Waals surface area contributed by atoms with E-state index in [1.165, 1.54) is 30.6 Å². The predicted octanol–water partition coefficient (Wildman–Crippen LogP) is 3.65. The van der Waals surface area contributed by atoms with Crippen LogP contribution >= 0.6 is 11.3 Å². The van der Waals surface area contributed by atoms with E-state index in [1.54, 1.807) is 0 Å². The number of nitrogens with zero attached hydrogens (tertiary/aromatic N) is 1. The molecule has 2 nitrogen and oxygen atoms in total. The molecule has 3 heteroatoms. The Morgan fingerprint density at radius 3 is 2.61 bits per heavy atom. The summed E-state index contributed by atoms with van der Waals surface area (Å²) in [6, 6.07) is 5.44. The predicted molar refractivity (Wildman–Crippen MR) is 79.9 cm³/mol. The fourth-order valence-electron chi connectivity index (χ4n) is 3.01. The second kappa shape index (κ2) is 5.72. The lowest BCUT2D eigenvalue weighted by Gasteiger charge is -2.41. The van der Waals surface area contributed by atoms with Gasteiger partial charge in [-0.2, -0.15) is 0 Å². The van der Waals surface area contributed by atoms with Gasteiger partial charge in [-0.1, -0.05) is 19.9 Å². The van der Waals surface area contributed by atoms with Crippen LogP contribution in [0.1, 0.15) is 50.4 Å². The van der Waals surface area contributed by atoms with Gasteiger partial charge in [0, 0.05) is 17.5 Å². The number of likely N-dealkylation sites (N-methyl/N-ethyl adjacent to an activating group) is 1. The first-order valence-electron chi connectivity index (χ1n) is 6.99. The molecule has 102 valence electrons. The van der Waals surface area contributed by atoms with Gasteiger partial charge >= 0.3 is 0 Å². The van der Waals surface area contributed by atoms with Gasteiger partial charge in [0.05, 0.1) is 6.04 Å². The Bertz CT molecular complexity index is 349. The second-order valence-corrected chi connectivity index (χ2v) is 7.31. The Morgan fingerprint density at radius 1 is 1.44 bits per heavy atom. The van der Waals surface area contributed by atoms with Crippen LogP contribution in [0.3, 0.4) is 0 Å². The highest BCUT2D eigenvalue weighted by Gasteiger charge is 2.31. The minimum Gasteiger partial charge on any atom is -0.329 e. The molecule has 1 atom stereocenters. The molecule has 1 fully saturated rings. The van der Waals surface area contributed by atoms with Gasteiger partial charge in [-0.05, 0) is 49.6 Å². The molecular formula is C15H26N2S. The number of hydrogen-bond acceptors (Lipinski definition) is 3. The number of rotatable bonds is 4. The fourth-order valence-corrected chi connectivity index (χ4v) is 3.90. The minimum atomic E-state index is 0.399. The molecule has 0 spiro atoms. The third-order valence-corrected chi connectivity index (χ3v) is 5.44. The summed E-state index contributed by atoms with van der Waals surface area (Å²) in [6.45, 7) is 5.50. The molecule has 1 heterocycles. The second-order valence-electron chi connectivity index (χ2n) is 6.33. The highest BCUT2D eigenvalue weighted by atomic mass is 32.1. The van der Waals surface area contributed by atoms with Crippen molar-refractivity contribution in [3.63, 3.8) is 0 Å². The van der Waals surface area contributed by atoms with E-state index in [2.05, 4.69) is 43.3 Å². The highest BCUT2D eigenvalue weighted by molar-refractivity contribution is 7.10. The van der Waals surface area contributed by atoms with E-state index >= 15 is 0 Å². The Kier molecular flexibility index (Phi) is 4.46. The minimum absolute atomic E-state index is 0.399. The molecule has 1 aromatic rings. The molecule has 0 aliphatic heterocycles. The summed E-state index contributed by atoms with van der Waals surface area (Å²) in [5.41, 5.74) is 6.53. The maximum Gasteiger partial charge on any atom is 0.0564 e. The van der Waals surface area contributed by atoms with Crippen molar-refractivity contribution in [2.45, 2.75) is 51.6 Å². The molecule has 2 rings (SSSR count). The van der Waals surface area contributed by atoms with E-state index in [1.807, 2.05) is 11.3 Å². The van der Waals surface area contributed by atoms with Crippen LogP contribution < -0.4 is 5.73 Å². The van der Waals surface area contributed by atoms with Gasteiger partial charge in [0.1, 0.15) is 0 Å². The number of thiophene rings is 1. The average molecular weight is 266 g/mol. The van der Waals surface area contributed by atoms with Crippen molar-refractivity contribution in [1.29, 1.82) is 0 Å². The van der Waals surface area contributed by atoms with Gasteiger partial charge in [-0.25, -0.2) is 0 Å². The molecule has 0 aromatic carbocycles. The Morgan fingerprint density at radius 2 is 2.11 bits per heavy atom. The first-order chi connectivity index (χ1) is 8.53. The largest absolute Gasteiger partial charge is 0.329 e. The molecule has 1 unspecified atom stereocenters. The molecule has 2 N–H and O–H groups in total. The number of nitrogens with two attached hydrogens (primary N) is 1. The molecule has 1 aliphatic rings. The van der Waals surface area contributed by atoms with Crippen LogP contribution in [0.5, 0.6) is 0 Å². The zero-order valence-electron chi connectivity index (χ0n) is 11.9. The number of hydrogen-bond donors (Lipinski definition) is 1. The van der Waals surface area contributed by atoms with Gasteiger partial charge in [0.25, 0.3) is 0 Å². The quantitative estimate of drug-likeness (QED) is 0.901. The molecule has 0 saturated heterocycles. The van der Waals surface area contributed by atoms with E-state index in [0.29, 0.717) is 17.5 Å². The van der Waals surface area contributed by atoms with Crippen molar-refractivity contribution in [1.82, 2.24) is 4.90 Å². The van der Waals surface area contributed by atoms with Crippen molar-refractivity contribution >= 4 is 11.3 Å². The van der Waals surface area contributed by atoms with Crippen LogP contribution in [0.25, 0.3) is 0 Å². The smallest absolute Gasteiger partial charge is 0.0564 e. The lowest BCUT2D eigenvalue weighted by molar-refractivity contribution is 0.0978. The third-order valence-electron chi connectivity index (χ3n) is 4.47. The standard InChI is InChI=1S/C15H26N2S/c1-15(2)8-6-12(7-9-15)17(3)13(11-16)14-5-4-10-18-14/h4-5,10,12-13H,6-9,11,16H2,1-3H3. The van der Waals surface area contributed by atoms with E-state index in [-0.39, 0.29) is 0 Å². The van der Waals surface area contributed by atoms with Gasteiger partial charge in [0.2, 0.25) is 0 Å². The maximum atomic E-state index is 5.99. The molecule has 1 aromatic heterocycles. The summed E-state index contributed by atoms with van der Waals surface area (Å²) in [4.78, 5) is 3.92. The first kappa shape index (κ1) is 14.0. The molecule has 0 radical (unpaired) electrons. The maximum absolute atomic E-state index is 5.99. The lowest BCUT2D eigenvalue weighted by atomic mass is 9.75. The van der Waals surface area contributed by atoms with E-state index in [9.17, 15) is 0 Å². The monoisotopic (exact) mass is 266 g/mol. The van der Waals surface area contributed by atoms with Crippen LogP contribution in [0.2, 0.25) is 0 Å². The molecule has 0 amide bonds. The van der Waals surface area contributed by atoms with Crippen molar-refractivity contribution in [3.8, 4) is 0 Å². The molecular weight excluding hydrogens is 240 g/mol. The van der Waals surface area contributed by atoms with Gasteiger partial charge < -0.3 is 5.73 Å². The lowest BCUT2D eigenvalue weighted by Crippen LogP contribution is -2.41. The molecule has 1 saturated carbocycles. The van der Waals surface area contributed by atoms with Crippen LogP contribution in [-0.4, -0.2) is 24.5 Å². The van der Waals surface area contributed by atoms with Crippen LogP contribution in [-0.2, 0) is 0 Å². The van der Waals surface area contributed by atoms with Gasteiger partial charge in [-0.15, -0.1) is 11.3 Å². The van der Waals surface area contributed by atoms with Gasteiger partial charge in [0.15, 0.2) is 0 Å². The fraction of sp³-hybridized carbons (Fsp3) is 0.733. The zero-order chi connectivity index (χ0) is 13.2. The third kappa shape index (κ3) is 3.14. The summed E-state index contributed by atoms with van der Waals surface area (Å²) >= 11 is 1.83. The van der Waals surface area contributed by atoms with Crippen molar-refractivity contribution in [3.05, 3.63) is 22.4 Å². The average Bonchev–Trinajstić information content (AvgIpc) is 2.83. The zero-order valence-corrected chi connectivity index (χ0v) is 12.7. The summed E-state index contributed by atoms with van der Waals surface area (Å²) < 4.78 is 0. The first-order valence-corrected chi connectivity index (χ1v) is 7.87. The summed E-state index contributed by atoms with van der Waals surface area (Å²) in [7, 11) is 2.25.